The fourth-order valence-corrected chi connectivity index (χ4v) is 3.13. The van der Waals surface area contributed by atoms with Crippen LogP contribution in [0.5, 0.6) is 5.75 Å². The number of likely N-dealkylation sites (tertiary alicyclic amines) is 1. The molecular formula is C15H21FN2O2. The predicted octanol–water partition coefficient (Wildman–Crippen LogP) is 1.35. The molecule has 0 aromatic heterocycles. The average Bonchev–Trinajstić information content (AvgIpc) is 2.83. The first kappa shape index (κ1) is 13.8. The molecule has 5 heteroatoms. The smallest absolute Gasteiger partial charge is 0.165 e. The molecule has 2 fully saturated rings. The van der Waals surface area contributed by atoms with Crippen LogP contribution in [0.2, 0.25) is 0 Å². The molecule has 2 heterocycles. The summed E-state index contributed by atoms with van der Waals surface area (Å²) in [6, 6.07) is 5.64. The summed E-state index contributed by atoms with van der Waals surface area (Å²) < 4.78 is 24.5. The normalized spacial score (nSPS) is 27.6. The second kappa shape index (κ2) is 5.68. The monoisotopic (exact) mass is 280 g/mol. The number of morpholine rings is 1. The van der Waals surface area contributed by atoms with Crippen molar-refractivity contribution in [3.05, 3.63) is 29.6 Å². The van der Waals surface area contributed by atoms with E-state index in [1.54, 1.807) is 12.1 Å². The average molecular weight is 280 g/mol. The van der Waals surface area contributed by atoms with Gasteiger partial charge in [0.05, 0.1) is 19.8 Å². The number of halogens is 1. The largest absolute Gasteiger partial charge is 0.494 e. The van der Waals surface area contributed by atoms with E-state index in [9.17, 15) is 4.39 Å². The van der Waals surface area contributed by atoms with Crippen molar-refractivity contribution in [3.8, 4) is 5.75 Å². The van der Waals surface area contributed by atoms with Crippen molar-refractivity contribution >= 4 is 0 Å². The highest BCUT2D eigenvalue weighted by atomic mass is 19.1. The van der Waals surface area contributed by atoms with Gasteiger partial charge in [-0.2, -0.15) is 0 Å². The summed E-state index contributed by atoms with van der Waals surface area (Å²) in [4.78, 5) is 4.70. The Morgan fingerprint density at radius 1 is 1.40 bits per heavy atom. The number of fused-ring (bicyclic) bond motifs is 1. The molecule has 2 saturated heterocycles. The Balaban J connectivity index is 1.65. The summed E-state index contributed by atoms with van der Waals surface area (Å²) in [7, 11) is 3.63. The Morgan fingerprint density at radius 2 is 2.25 bits per heavy atom. The standard InChI is InChI=1S/C15H21FN2O2/c1-17-5-6-20-15-10-18(9-13(15)17)8-11-3-4-14(19-2)12(16)7-11/h3-4,7,13,15H,5-6,8-10H2,1-2H3/t13-,15+/m0/s1. The van der Waals surface area contributed by atoms with Gasteiger partial charge in [0.2, 0.25) is 0 Å². The van der Waals surface area contributed by atoms with Crippen molar-refractivity contribution < 1.29 is 13.9 Å². The SMILES string of the molecule is COc1ccc(CN2C[C@H]3OCCN(C)[C@H]3C2)cc1F. The topological polar surface area (TPSA) is 24.9 Å². The first-order valence-electron chi connectivity index (χ1n) is 7.04. The zero-order valence-corrected chi connectivity index (χ0v) is 12.0. The van der Waals surface area contributed by atoms with Gasteiger partial charge in [0.1, 0.15) is 0 Å². The predicted molar refractivity (Wildman–Crippen MR) is 74.4 cm³/mol. The number of benzene rings is 1. The van der Waals surface area contributed by atoms with Crippen LogP contribution in [0, 0.1) is 5.82 Å². The van der Waals surface area contributed by atoms with Crippen LogP contribution in [0.3, 0.4) is 0 Å². The van der Waals surface area contributed by atoms with Gasteiger partial charge in [0.25, 0.3) is 0 Å². The zero-order chi connectivity index (χ0) is 14.1. The lowest BCUT2D eigenvalue weighted by Crippen LogP contribution is -2.48. The highest BCUT2D eigenvalue weighted by Gasteiger charge is 2.38. The van der Waals surface area contributed by atoms with Crippen molar-refractivity contribution in [1.82, 2.24) is 9.80 Å². The number of hydrogen-bond donors (Lipinski definition) is 0. The van der Waals surface area contributed by atoms with Crippen LogP contribution in [0.25, 0.3) is 0 Å². The lowest BCUT2D eigenvalue weighted by Gasteiger charge is -2.33. The van der Waals surface area contributed by atoms with Gasteiger partial charge in [-0.1, -0.05) is 6.07 Å². The molecule has 1 aromatic carbocycles. The Morgan fingerprint density at radius 3 is 2.95 bits per heavy atom. The maximum absolute atomic E-state index is 13.7. The molecule has 4 nitrogen and oxygen atoms in total. The van der Waals surface area contributed by atoms with Crippen LogP contribution >= 0.6 is 0 Å². The summed E-state index contributed by atoms with van der Waals surface area (Å²) in [6.07, 6.45) is 0.289. The Labute approximate surface area is 119 Å². The number of nitrogens with zero attached hydrogens (tertiary/aromatic N) is 2. The van der Waals surface area contributed by atoms with E-state index in [4.69, 9.17) is 9.47 Å². The van der Waals surface area contributed by atoms with Crippen molar-refractivity contribution in [1.29, 1.82) is 0 Å². The number of hydrogen-bond acceptors (Lipinski definition) is 4. The van der Waals surface area contributed by atoms with Gasteiger partial charge >= 0.3 is 0 Å². The molecule has 3 rings (SSSR count). The Kier molecular flexibility index (Phi) is 3.92. The van der Waals surface area contributed by atoms with Crippen molar-refractivity contribution in [2.75, 3.05) is 40.4 Å². The van der Waals surface area contributed by atoms with Gasteiger partial charge in [0, 0.05) is 32.2 Å². The van der Waals surface area contributed by atoms with Gasteiger partial charge in [-0.3, -0.25) is 9.80 Å². The van der Waals surface area contributed by atoms with Crippen LogP contribution in [0.15, 0.2) is 18.2 Å². The lowest BCUT2D eigenvalue weighted by atomic mass is 10.1. The minimum absolute atomic E-state index is 0.289. The molecule has 2 atom stereocenters. The fraction of sp³-hybridized carbons (Fsp3) is 0.600. The van der Waals surface area contributed by atoms with E-state index in [-0.39, 0.29) is 11.9 Å². The molecule has 1 aromatic rings. The highest BCUT2D eigenvalue weighted by Crippen LogP contribution is 2.24. The van der Waals surface area contributed by atoms with Crippen LogP contribution in [0.4, 0.5) is 4.39 Å². The third-order valence-electron chi connectivity index (χ3n) is 4.28. The van der Waals surface area contributed by atoms with Gasteiger partial charge < -0.3 is 9.47 Å². The second-order valence-corrected chi connectivity index (χ2v) is 5.62. The molecule has 2 aliphatic rings. The van der Waals surface area contributed by atoms with Gasteiger partial charge in [0.15, 0.2) is 11.6 Å². The van der Waals surface area contributed by atoms with Gasteiger partial charge in [-0.05, 0) is 24.7 Å². The second-order valence-electron chi connectivity index (χ2n) is 5.62. The fourth-order valence-electron chi connectivity index (χ4n) is 3.13. The third-order valence-corrected chi connectivity index (χ3v) is 4.28. The summed E-state index contributed by atoms with van der Waals surface area (Å²) in [5, 5.41) is 0. The number of methoxy groups -OCH3 is 1. The van der Waals surface area contributed by atoms with Crippen LogP contribution in [-0.2, 0) is 11.3 Å². The first-order valence-corrected chi connectivity index (χ1v) is 7.04. The molecule has 0 spiro atoms. The minimum Gasteiger partial charge on any atom is -0.494 e. The number of likely N-dealkylation sites (N-methyl/N-ethyl adjacent to an activating group) is 1. The molecule has 0 aliphatic carbocycles. The van der Waals surface area contributed by atoms with Gasteiger partial charge in [-0.15, -0.1) is 0 Å². The van der Waals surface area contributed by atoms with E-state index < -0.39 is 0 Å². The molecule has 0 saturated carbocycles. The third kappa shape index (κ3) is 2.66. The molecule has 0 N–H and O–H groups in total. The first-order chi connectivity index (χ1) is 9.67. The van der Waals surface area contributed by atoms with Crippen molar-refractivity contribution in [3.63, 3.8) is 0 Å². The van der Waals surface area contributed by atoms with Crippen molar-refractivity contribution in [2.45, 2.75) is 18.7 Å². The molecule has 2 aliphatic heterocycles. The molecule has 110 valence electrons. The van der Waals surface area contributed by atoms with E-state index in [1.807, 2.05) is 6.07 Å². The van der Waals surface area contributed by atoms with E-state index >= 15 is 0 Å². The summed E-state index contributed by atoms with van der Waals surface area (Å²) in [5.41, 5.74) is 0.976. The number of rotatable bonds is 3. The highest BCUT2D eigenvalue weighted by molar-refractivity contribution is 5.29. The van der Waals surface area contributed by atoms with Crippen LogP contribution in [0.1, 0.15) is 5.56 Å². The zero-order valence-electron chi connectivity index (χ0n) is 12.0. The molecule has 0 radical (unpaired) electrons. The molecule has 0 unspecified atom stereocenters. The van der Waals surface area contributed by atoms with Crippen LogP contribution < -0.4 is 4.74 Å². The summed E-state index contributed by atoms with van der Waals surface area (Å²) in [5.74, 6) is 0.00175. The van der Waals surface area contributed by atoms with Crippen LogP contribution in [-0.4, -0.2) is 62.3 Å². The van der Waals surface area contributed by atoms with Crippen molar-refractivity contribution in [2.24, 2.45) is 0 Å². The van der Waals surface area contributed by atoms with E-state index in [2.05, 4.69) is 16.8 Å². The van der Waals surface area contributed by atoms with Gasteiger partial charge in [-0.25, -0.2) is 4.39 Å². The van der Waals surface area contributed by atoms with E-state index in [0.717, 1.165) is 38.3 Å². The molecule has 0 amide bonds. The quantitative estimate of drug-likeness (QED) is 0.834. The number of ether oxygens (including phenoxy) is 2. The summed E-state index contributed by atoms with van der Waals surface area (Å²) >= 11 is 0. The summed E-state index contributed by atoms with van der Waals surface area (Å²) in [6.45, 7) is 4.46. The lowest BCUT2D eigenvalue weighted by molar-refractivity contribution is -0.0370. The van der Waals surface area contributed by atoms with E-state index in [1.165, 1.54) is 7.11 Å². The minimum atomic E-state index is -0.296. The molecule has 0 bridgehead atoms. The molecule has 20 heavy (non-hydrogen) atoms. The molecular weight excluding hydrogens is 259 g/mol. The maximum atomic E-state index is 13.7. The van der Waals surface area contributed by atoms with E-state index in [0.29, 0.717) is 11.8 Å². The Hall–Kier alpha value is -1.17. The maximum Gasteiger partial charge on any atom is 0.165 e. The Bertz CT molecular complexity index is 483.